The van der Waals surface area contributed by atoms with Crippen molar-refractivity contribution in [3.8, 4) is 0 Å². The lowest BCUT2D eigenvalue weighted by Crippen LogP contribution is -2.41. The third-order valence-electron chi connectivity index (χ3n) is 4.87. The standard InChI is InChI=1S/C19H20Cl2N4O5S/c1-12-15(20)10-23-18(17(12)21)24-16(26)11-30-19(27)13-4-7-25(8-5-13)31(28,29)14-3-2-6-22-9-14/h2-3,6,9-10,13H,4-5,7-8,11H2,1H3,(H,23,24,26). The number of hydrogen-bond acceptors (Lipinski definition) is 7. The quantitative estimate of drug-likeness (QED) is 0.623. The van der Waals surface area contributed by atoms with Gasteiger partial charge < -0.3 is 10.1 Å². The van der Waals surface area contributed by atoms with E-state index in [1.807, 2.05) is 0 Å². The molecule has 3 heterocycles. The summed E-state index contributed by atoms with van der Waals surface area (Å²) in [5, 5.41) is 3.04. The lowest BCUT2D eigenvalue weighted by Gasteiger charge is -2.29. The van der Waals surface area contributed by atoms with Crippen molar-refractivity contribution in [3.05, 3.63) is 46.3 Å². The summed E-state index contributed by atoms with van der Waals surface area (Å²) in [7, 11) is -3.66. The number of nitrogens with one attached hydrogen (secondary N) is 1. The van der Waals surface area contributed by atoms with Crippen LogP contribution in [0.4, 0.5) is 5.82 Å². The van der Waals surface area contributed by atoms with Gasteiger partial charge in [0.05, 0.1) is 16.0 Å². The molecule has 1 N–H and O–H groups in total. The predicted molar refractivity (Wildman–Crippen MR) is 114 cm³/mol. The molecule has 0 radical (unpaired) electrons. The smallest absolute Gasteiger partial charge is 0.309 e. The molecule has 31 heavy (non-hydrogen) atoms. The van der Waals surface area contributed by atoms with Crippen LogP contribution >= 0.6 is 23.2 Å². The van der Waals surface area contributed by atoms with Crippen LogP contribution in [0.5, 0.6) is 0 Å². The first-order valence-corrected chi connectivity index (χ1v) is 11.6. The Balaban J connectivity index is 1.49. The molecular formula is C19H20Cl2N4O5S. The molecule has 0 aliphatic carbocycles. The van der Waals surface area contributed by atoms with Crippen LogP contribution in [0.2, 0.25) is 10.0 Å². The molecule has 1 aliphatic heterocycles. The SMILES string of the molecule is Cc1c(Cl)cnc(NC(=O)COC(=O)C2CCN(S(=O)(=O)c3cccnc3)CC2)c1Cl. The van der Waals surface area contributed by atoms with Gasteiger partial charge >= 0.3 is 5.97 Å². The summed E-state index contributed by atoms with van der Waals surface area (Å²) in [5.74, 6) is -1.52. The van der Waals surface area contributed by atoms with E-state index < -0.39 is 34.4 Å². The molecule has 0 saturated carbocycles. The summed E-state index contributed by atoms with van der Waals surface area (Å²) in [6.07, 6.45) is 4.73. The van der Waals surface area contributed by atoms with Crippen LogP contribution in [0.1, 0.15) is 18.4 Å². The molecule has 1 fully saturated rings. The topological polar surface area (TPSA) is 119 Å². The van der Waals surface area contributed by atoms with Crippen molar-refractivity contribution in [2.45, 2.75) is 24.7 Å². The predicted octanol–water partition coefficient (Wildman–Crippen LogP) is 2.67. The maximum atomic E-state index is 12.6. The fourth-order valence-electron chi connectivity index (χ4n) is 3.05. The Bertz CT molecular complexity index is 1070. The van der Waals surface area contributed by atoms with Crippen LogP contribution in [0.25, 0.3) is 0 Å². The van der Waals surface area contributed by atoms with Gasteiger partial charge in [0.2, 0.25) is 10.0 Å². The number of nitrogens with zero attached hydrogens (tertiary/aromatic N) is 3. The van der Waals surface area contributed by atoms with Gasteiger partial charge in [0.25, 0.3) is 5.91 Å². The minimum absolute atomic E-state index is 0.109. The summed E-state index contributed by atoms with van der Waals surface area (Å²) < 4.78 is 31.6. The zero-order valence-electron chi connectivity index (χ0n) is 16.5. The van der Waals surface area contributed by atoms with Gasteiger partial charge in [0, 0.05) is 31.7 Å². The first-order chi connectivity index (χ1) is 14.7. The molecule has 1 aliphatic rings. The molecule has 0 spiro atoms. The number of amides is 1. The van der Waals surface area contributed by atoms with E-state index in [4.69, 9.17) is 27.9 Å². The number of rotatable bonds is 6. The van der Waals surface area contributed by atoms with Crippen molar-refractivity contribution >= 4 is 50.9 Å². The molecule has 0 atom stereocenters. The van der Waals surface area contributed by atoms with Crippen molar-refractivity contribution < 1.29 is 22.7 Å². The number of carbonyl (C=O) groups is 2. The number of ether oxygens (including phenoxy) is 1. The summed E-state index contributed by atoms with van der Waals surface area (Å²) >= 11 is 12.0. The summed E-state index contributed by atoms with van der Waals surface area (Å²) in [6, 6.07) is 3.03. The van der Waals surface area contributed by atoms with Crippen molar-refractivity contribution in [1.29, 1.82) is 0 Å². The largest absolute Gasteiger partial charge is 0.455 e. The van der Waals surface area contributed by atoms with Gasteiger partial charge in [-0.05, 0) is 37.5 Å². The lowest BCUT2D eigenvalue weighted by molar-refractivity contribution is -0.152. The van der Waals surface area contributed by atoms with E-state index in [2.05, 4.69) is 15.3 Å². The third-order valence-corrected chi connectivity index (χ3v) is 7.59. The van der Waals surface area contributed by atoms with Gasteiger partial charge in [-0.25, -0.2) is 13.4 Å². The second kappa shape index (κ2) is 9.90. The molecule has 0 unspecified atom stereocenters. The van der Waals surface area contributed by atoms with Crippen LogP contribution in [0.3, 0.4) is 0 Å². The Kier molecular flexibility index (Phi) is 7.47. The molecule has 0 aromatic carbocycles. The molecule has 2 aromatic heterocycles. The molecular weight excluding hydrogens is 467 g/mol. The monoisotopic (exact) mass is 486 g/mol. The van der Waals surface area contributed by atoms with E-state index in [1.165, 1.54) is 29.0 Å². The summed E-state index contributed by atoms with van der Waals surface area (Å²) in [4.78, 5) is 32.3. The lowest BCUT2D eigenvalue weighted by atomic mass is 9.98. The molecule has 3 rings (SSSR count). The maximum absolute atomic E-state index is 12.6. The number of piperidine rings is 1. The minimum Gasteiger partial charge on any atom is -0.455 e. The van der Waals surface area contributed by atoms with Crippen LogP contribution in [0.15, 0.2) is 35.6 Å². The highest BCUT2D eigenvalue weighted by molar-refractivity contribution is 7.89. The third kappa shape index (κ3) is 5.51. The molecule has 1 amide bonds. The number of halogens is 2. The van der Waals surface area contributed by atoms with Crippen LogP contribution in [-0.2, 0) is 24.3 Å². The number of esters is 1. The van der Waals surface area contributed by atoms with Gasteiger partial charge in [-0.1, -0.05) is 23.2 Å². The number of hydrogen-bond donors (Lipinski definition) is 1. The van der Waals surface area contributed by atoms with E-state index in [1.54, 1.807) is 13.0 Å². The van der Waals surface area contributed by atoms with E-state index >= 15 is 0 Å². The number of anilines is 1. The zero-order chi connectivity index (χ0) is 22.6. The van der Waals surface area contributed by atoms with Gasteiger partial charge in [-0.3, -0.25) is 14.6 Å². The van der Waals surface area contributed by atoms with E-state index in [-0.39, 0.29) is 28.8 Å². The molecule has 166 valence electrons. The highest BCUT2D eigenvalue weighted by atomic mass is 35.5. The fraction of sp³-hybridized carbons (Fsp3) is 0.368. The van der Waals surface area contributed by atoms with Crippen LogP contribution in [-0.4, -0.2) is 54.3 Å². The first-order valence-electron chi connectivity index (χ1n) is 9.37. The van der Waals surface area contributed by atoms with Gasteiger partial charge in [-0.2, -0.15) is 4.31 Å². The molecule has 2 aromatic rings. The average molecular weight is 487 g/mol. The molecule has 9 nitrogen and oxygen atoms in total. The van der Waals surface area contributed by atoms with E-state index in [0.29, 0.717) is 23.4 Å². The highest BCUT2D eigenvalue weighted by Gasteiger charge is 2.33. The zero-order valence-corrected chi connectivity index (χ0v) is 18.9. The second-order valence-corrected chi connectivity index (χ2v) is 9.64. The Morgan fingerprint density at radius 2 is 1.97 bits per heavy atom. The Morgan fingerprint density at radius 3 is 2.61 bits per heavy atom. The van der Waals surface area contributed by atoms with Crippen molar-refractivity contribution in [2.75, 3.05) is 25.0 Å². The summed E-state index contributed by atoms with van der Waals surface area (Å²) in [6.45, 7) is 1.52. The van der Waals surface area contributed by atoms with Crippen molar-refractivity contribution in [1.82, 2.24) is 14.3 Å². The maximum Gasteiger partial charge on any atom is 0.309 e. The Labute approximate surface area is 189 Å². The van der Waals surface area contributed by atoms with Gasteiger partial charge in [0.1, 0.15) is 4.90 Å². The van der Waals surface area contributed by atoms with Gasteiger partial charge in [0.15, 0.2) is 12.4 Å². The first kappa shape index (κ1) is 23.4. The molecule has 1 saturated heterocycles. The number of carbonyl (C=O) groups excluding carboxylic acids is 2. The fourth-order valence-corrected chi connectivity index (χ4v) is 4.87. The molecule has 0 bridgehead atoms. The minimum atomic E-state index is -3.66. The normalized spacial score (nSPS) is 15.5. The van der Waals surface area contributed by atoms with E-state index in [9.17, 15) is 18.0 Å². The van der Waals surface area contributed by atoms with Crippen LogP contribution in [0, 0.1) is 12.8 Å². The number of sulfonamides is 1. The average Bonchev–Trinajstić information content (AvgIpc) is 2.78. The van der Waals surface area contributed by atoms with Gasteiger partial charge in [-0.15, -0.1) is 0 Å². The highest BCUT2D eigenvalue weighted by Crippen LogP contribution is 2.28. The second-order valence-electron chi connectivity index (χ2n) is 6.92. The van der Waals surface area contributed by atoms with Crippen molar-refractivity contribution in [2.24, 2.45) is 5.92 Å². The van der Waals surface area contributed by atoms with E-state index in [0.717, 1.165) is 0 Å². The number of aromatic nitrogens is 2. The molecule has 12 heteroatoms. The number of pyridine rings is 2. The van der Waals surface area contributed by atoms with Crippen LogP contribution < -0.4 is 5.32 Å². The van der Waals surface area contributed by atoms with Crippen molar-refractivity contribution in [3.63, 3.8) is 0 Å². The summed E-state index contributed by atoms with van der Waals surface area (Å²) in [5.41, 5.74) is 0.568. The Morgan fingerprint density at radius 1 is 1.26 bits per heavy atom. The Hall–Kier alpha value is -2.27.